The molecule has 1 aromatic heterocycles. The van der Waals surface area contributed by atoms with Crippen molar-refractivity contribution in [1.82, 2.24) is 9.97 Å². The summed E-state index contributed by atoms with van der Waals surface area (Å²) in [4.78, 5) is 37.6. The first-order valence-electron chi connectivity index (χ1n) is 11.6. The van der Waals surface area contributed by atoms with Crippen LogP contribution in [0, 0.1) is 0 Å². The second-order valence-electron chi connectivity index (χ2n) is 8.88. The Bertz CT molecular complexity index is 1280. The zero-order valence-electron chi connectivity index (χ0n) is 20.1. The van der Waals surface area contributed by atoms with E-state index in [1.165, 1.54) is 6.07 Å². The average Bonchev–Trinajstić information content (AvgIpc) is 3.37. The second kappa shape index (κ2) is 11.1. The van der Waals surface area contributed by atoms with Gasteiger partial charge in [-0.2, -0.15) is 0 Å². The molecule has 1 amide bonds. The van der Waals surface area contributed by atoms with Crippen LogP contribution in [0.1, 0.15) is 40.2 Å². The normalized spacial score (nSPS) is 13.1. The number of carboxylic acids is 1. The Morgan fingerprint density at radius 1 is 1.03 bits per heavy atom. The Labute approximate surface area is 219 Å². The minimum absolute atomic E-state index is 0.132. The zero-order chi connectivity index (χ0) is 25.8. The molecular formula is C26H27Cl2N5O3. The van der Waals surface area contributed by atoms with Gasteiger partial charge in [-0.25, -0.2) is 9.97 Å². The van der Waals surface area contributed by atoms with Gasteiger partial charge in [-0.05, 0) is 48.7 Å². The predicted molar refractivity (Wildman–Crippen MR) is 143 cm³/mol. The van der Waals surface area contributed by atoms with Crippen LogP contribution in [0.4, 0.5) is 17.3 Å². The van der Waals surface area contributed by atoms with Crippen molar-refractivity contribution in [3.63, 3.8) is 0 Å². The molecule has 2 N–H and O–H groups in total. The number of benzene rings is 2. The molecule has 0 radical (unpaired) electrons. The van der Waals surface area contributed by atoms with Crippen LogP contribution in [0.15, 0.2) is 42.5 Å². The summed E-state index contributed by atoms with van der Waals surface area (Å²) in [5, 5.41) is 13.1. The fourth-order valence-corrected chi connectivity index (χ4v) is 4.48. The van der Waals surface area contributed by atoms with Crippen molar-refractivity contribution in [2.45, 2.75) is 25.7 Å². The fourth-order valence-electron chi connectivity index (χ4n) is 4.18. The van der Waals surface area contributed by atoms with Crippen LogP contribution in [-0.2, 0) is 17.6 Å². The Balaban J connectivity index is 1.55. The van der Waals surface area contributed by atoms with Crippen LogP contribution in [0.3, 0.4) is 0 Å². The molecular weight excluding hydrogens is 501 g/mol. The average molecular weight is 528 g/mol. The lowest BCUT2D eigenvalue weighted by atomic mass is 10.1. The number of carbonyl (C=O) groups excluding carboxylic acids is 1. The minimum atomic E-state index is -0.909. The number of nitrogens with one attached hydrogen (secondary N) is 1. The monoisotopic (exact) mass is 527 g/mol. The lowest BCUT2D eigenvalue weighted by Crippen LogP contribution is -2.26. The van der Waals surface area contributed by atoms with Crippen molar-refractivity contribution < 1.29 is 14.7 Å². The van der Waals surface area contributed by atoms with E-state index in [9.17, 15) is 14.7 Å². The minimum Gasteiger partial charge on any atom is -0.481 e. The van der Waals surface area contributed by atoms with E-state index in [1.54, 1.807) is 12.1 Å². The summed E-state index contributed by atoms with van der Waals surface area (Å²) in [6.45, 7) is 1.70. The summed E-state index contributed by atoms with van der Waals surface area (Å²) in [5.41, 5.74) is 2.65. The van der Waals surface area contributed by atoms with Gasteiger partial charge in [-0.3, -0.25) is 9.59 Å². The maximum Gasteiger partial charge on any atom is 0.308 e. The molecule has 3 aromatic rings. The summed E-state index contributed by atoms with van der Waals surface area (Å²) in [5.74, 6) is 0.740. The summed E-state index contributed by atoms with van der Waals surface area (Å²) < 4.78 is 0. The molecule has 0 bridgehead atoms. The number of halogens is 2. The molecule has 10 heteroatoms. The standard InChI is InChI=1S/C26H27Cl2N5O3/c1-32(2)24-19(15-23(34)35)25(33-11-3-4-12-33)31-22(30-24)13-16-5-8-18(9-6-16)29-26(36)17-7-10-20(27)21(28)14-17/h5-10,14H,3-4,11-13,15H2,1-2H3,(H,29,36)(H,34,35). The van der Waals surface area contributed by atoms with Gasteiger partial charge < -0.3 is 20.2 Å². The molecule has 0 aliphatic carbocycles. The smallest absolute Gasteiger partial charge is 0.308 e. The van der Waals surface area contributed by atoms with E-state index in [-0.39, 0.29) is 12.3 Å². The molecule has 1 saturated heterocycles. The summed E-state index contributed by atoms with van der Waals surface area (Å²) in [6, 6.07) is 12.2. The number of aliphatic carboxylic acids is 1. The van der Waals surface area contributed by atoms with E-state index < -0.39 is 5.97 Å². The molecule has 1 aliphatic rings. The van der Waals surface area contributed by atoms with Crippen molar-refractivity contribution in [1.29, 1.82) is 0 Å². The highest BCUT2D eigenvalue weighted by molar-refractivity contribution is 6.42. The molecule has 1 aliphatic heterocycles. The lowest BCUT2D eigenvalue weighted by Gasteiger charge is -2.24. The van der Waals surface area contributed by atoms with Gasteiger partial charge in [0.05, 0.1) is 16.5 Å². The summed E-state index contributed by atoms with van der Waals surface area (Å²) in [7, 11) is 3.72. The largest absolute Gasteiger partial charge is 0.481 e. The van der Waals surface area contributed by atoms with Gasteiger partial charge in [0.2, 0.25) is 0 Å². The molecule has 0 unspecified atom stereocenters. The van der Waals surface area contributed by atoms with Gasteiger partial charge in [0.25, 0.3) is 5.91 Å². The maximum atomic E-state index is 12.5. The lowest BCUT2D eigenvalue weighted by molar-refractivity contribution is -0.136. The van der Waals surface area contributed by atoms with Crippen LogP contribution in [0.5, 0.6) is 0 Å². The quantitative estimate of drug-likeness (QED) is 0.428. The Kier molecular flexibility index (Phi) is 7.96. The van der Waals surface area contributed by atoms with Crippen LogP contribution in [-0.4, -0.2) is 54.1 Å². The van der Waals surface area contributed by atoms with E-state index in [0.717, 1.165) is 31.5 Å². The number of anilines is 3. The number of hydrogen-bond donors (Lipinski definition) is 2. The molecule has 2 aromatic carbocycles. The first-order valence-corrected chi connectivity index (χ1v) is 12.4. The van der Waals surface area contributed by atoms with Crippen LogP contribution in [0.2, 0.25) is 10.0 Å². The van der Waals surface area contributed by atoms with E-state index in [0.29, 0.717) is 50.7 Å². The molecule has 0 spiro atoms. The number of aromatic nitrogens is 2. The number of carboxylic acid groups (broad SMARTS) is 1. The third-order valence-corrected chi connectivity index (χ3v) is 6.66. The Morgan fingerprint density at radius 3 is 2.33 bits per heavy atom. The molecule has 4 rings (SSSR count). The van der Waals surface area contributed by atoms with E-state index >= 15 is 0 Å². The van der Waals surface area contributed by atoms with Crippen molar-refractivity contribution >= 4 is 52.4 Å². The van der Waals surface area contributed by atoms with Crippen molar-refractivity contribution in [3.8, 4) is 0 Å². The van der Waals surface area contributed by atoms with Gasteiger partial charge in [0.15, 0.2) is 0 Å². The third kappa shape index (κ3) is 6.06. The van der Waals surface area contributed by atoms with Gasteiger partial charge >= 0.3 is 5.97 Å². The topological polar surface area (TPSA) is 98.7 Å². The highest BCUT2D eigenvalue weighted by Gasteiger charge is 2.24. The molecule has 188 valence electrons. The maximum absolute atomic E-state index is 12.5. The van der Waals surface area contributed by atoms with Gasteiger partial charge in [-0.15, -0.1) is 0 Å². The zero-order valence-corrected chi connectivity index (χ0v) is 21.6. The van der Waals surface area contributed by atoms with Crippen LogP contribution < -0.4 is 15.1 Å². The molecule has 1 fully saturated rings. The summed E-state index contributed by atoms with van der Waals surface area (Å²) >= 11 is 11.9. The Morgan fingerprint density at radius 2 is 1.72 bits per heavy atom. The molecule has 0 atom stereocenters. The number of rotatable bonds is 8. The summed E-state index contributed by atoms with van der Waals surface area (Å²) in [6.07, 6.45) is 2.44. The number of carbonyl (C=O) groups is 2. The molecule has 0 saturated carbocycles. The predicted octanol–water partition coefficient (Wildman–Crippen LogP) is 4.92. The molecule has 36 heavy (non-hydrogen) atoms. The third-order valence-electron chi connectivity index (χ3n) is 5.92. The Hall–Kier alpha value is -3.36. The van der Waals surface area contributed by atoms with Crippen LogP contribution >= 0.6 is 23.2 Å². The van der Waals surface area contributed by atoms with Crippen molar-refractivity contribution in [3.05, 3.63) is 75.0 Å². The first kappa shape index (κ1) is 25.7. The van der Waals surface area contributed by atoms with Crippen molar-refractivity contribution in [2.75, 3.05) is 42.3 Å². The highest BCUT2D eigenvalue weighted by atomic mass is 35.5. The SMILES string of the molecule is CN(C)c1nc(Cc2ccc(NC(=O)c3ccc(Cl)c(Cl)c3)cc2)nc(N2CCCC2)c1CC(=O)O. The van der Waals surface area contributed by atoms with E-state index in [4.69, 9.17) is 33.2 Å². The molecule has 8 nitrogen and oxygen atoms in total. The second-order valence-corrected chi connectivity index (χ2v) is 9.70. The number of nitrogens with zero attached hydrogens (tertiary/aromatic N) is 4. The highest BCUT2D eigenvalue weighted by Crippen LogP contribution is 2.30. The number of hydrogen-bond acceptors (Lipinski definition) is 6. The van der Waals surface area contributed by atoms with Gasteiger partial charge in [0.1, 0.15) is 17.5 Å². The van der Waals surface area contributed by atoms with Gasteiger partial charge in [-0.1, -0.05) is 35.3 Å². The van der Waals surface area contributed by atoms with Crippen molar-refractivity contribution in [2.24, 2.45) is 0 Å². The van der Waals surface area contributed by atoms with Gasteiger partial charge in [0, 0.05) is 50.4 Å². The molecule has 2 heterocycles. The fraction of sp³-hybridized carbons (Fsp3) is 0.308. The first-order chi connectivity index (χ1) is 17.2. The van der Waals surface area contributed by atoms with Crippen LogP contribution in [0.25, 0.3) is 0 Å². The van der Waals surface area contributed by atoms with E-state index in [1.807, 2.05) is 43.3 Å². The van der Waals surface area contributed by atoms with E-state index in [2.05, 4.69) is 10.2 Å². The number of amides is 1.